The van der Waals surface area contributed by atoms with Gasteiger partial charge in [0.15, 0.2) is 0 Å². The van der Waals surface area contributed by atoms with Gasteiger partial charge in [-0.3, -0.25) is 0 Å². The van der Waals surface area contributed by atoms with Crippen LogP contribution in [0.2, 0.25) is 0 Å². The Morgan fingerprint density at radius 3 is 2.64 bits per heavy atom. The molecule has 0 spiro atoms. The van der Waals surface area contributed by atoms with Crippen LogP contribution in [-0.2, 0) is 6.54 Å². The summed E-state index contributed by atoms with van der Waals surface area (Å²) in [5.74, 6) is 1.95. The Kier molecular flexibility index (Phi) is 8.84. The van der Waals surface area contributed by atoms with Gasteiger partial charge in [0.1, 0.15) is 11.5 Å². The maximum atomic E-state index is 5.94. The predicted octanol–water partition coefficient (Wildman–Crippen LogP) is 6.11. The first-order valence-electron chi connectivity index (χ1n) is 7.76. The van der Waals surface area contributed by atoms with Crippen LogP contribution < -0.4 is 5.32 Å². The summed E-state index contributed by atoms with van der Waals surface area (Å²) in [6, 6.07) is 10.4. The largest absolute Gasteiger partial charge is 0.460 e. The normalized spacial score (nSPS) is 10.5. The maximum absolute atomic E-state index is 5.94. The molecule has 0 aliphatic rings. The lowest BCUT2D eigenvalue weighted by Gasteiger charge is -2.04. The number of hydrogen-bond donors (Lipinski definition) is 1. The van der Waals surface area contributed by atoms with Gasteiger partial charge in [-0.05, 0) is 55.8 Å². The SMILES string of the molecule is CCCCCCNCc1ccc(-c2ccc(Br)cc2C)o1.Cl. The van der Waals surface area contributed by atoms with Crippen LogP contribution in [0.3, 0.4) is 0 Å². The number of rotatable bonds is 8. The van der Waals surface area contributed by atoms with Crippen molar-refractivity contribution in [3.05, 3.63) is 46.1 Å². The van der Waals surface area contributed by atoms with E-state index < -0.39 is 0 Å². The molecule has 0 radical (unpaired) electrons. The number of halogens is 2. The molecule has 22 heavy (non-hydrogen) atoms. The van der Waals surface area contributed by atoms with Gasteiger partial charge in [-0.1, -0.05) is 42.1 Å². The molecule has 1 heterocycles. The summed E-state index contributed by atoms with van der Waals surface area (Å²) in [6.45, 7) is 6.21. The van der Waals surface area contributed by atoms with Crippen LogP contribution >= 0.6 is 28.3 Å². The Morgan fingerprint density at radius 2 is 1.91 bits per heavy atom. The van der Waals surface area contributed by atoms with Crippen molar-refractivity contribution in [2.45, 2.75) is 46.1 Å². The zero-order valence-corrected chi connectivity index (χ0v) is 15.7. The lowest BCUT2D eigenvalue weighted by molar-refractivity contribution is 0.487. The average molecular weight is 387 g/mol. The predicted molar refractivity (Wildman–Crippen MR) is 99.7 cm³/mol. The van der Waals surface area contributed by atoms with Crippen molar-refractivity contribution in [2.75, 3.05) is 6.54 Å². The van der Waals surface area contributed by atoms with Gasteiger partial charge in [0, 0.05) is 10.0 Å². The minimum atomic E-state index is 0. The van der Waals surface area contributed by atoms with Gasteiger partial charge < -0.3 is 9.73 Å². The van der Waals surface area contributed by atoms with E-state index >= 15 is 0 Å². The zero-order chi connectivity index (χ0) is 15.1. The number of nitrogens with one attached hydrogen (secondary N) is 1. The first-order chi connectivity index (χ1) is 10.2. The summed E-state index contributed by atoms with van der Waals surface area (Å²) in [6.07, 6.45) is 5.17. The molecule has 2 aromatic rings. The van der Waals surface area contributed by atoms with Gasteiger partial charge in [-0.25, -0.2) is 0 Å². The highest BCUT2D eigenvalue weighted by Crippen LogP contribution is 2.27. The molecule has 122 valence electrons. The van der Waals surface area contributed by atoms with E-state index in [1.54, 1.807) is 0 Å². The number of unbranched alkanes of at least 4 members (excludes halogenated alkanes) is 3. The summed E-state index contributed by atoms with van der Waals surface area (Å²) in [4.78, 5) is 0. The number of hydrogen-bond acceptors (Lipinski definition) is 2. The van der Waals surface area contributed by atoms with Crippen molar-refractivity contribution in [3.8, 4) is 11.3 Å². The third kappa shape index (κ3) is 5.79. The number of furan rings is 1. The van der Waals surface area contributed by atoms with Crippen molar-refractivity contribution in [1.82, 2.24) is 5.32 Å². The second-order valence-corrected chi connectivity index (χ2v) is 6.38. The third-order valence-corrected chi connectivity index (χ3v) is 4.12. The van der Waals surface area contributed by atoms with E-state index in [2.05, 4.69) is 65.4 Å². The third-order valence-electron chi connectivity index (χ3n) is 3.62. The van der Waals surface area contributed by atoms with E-state index in [9.17, 15) is 0 Å². The molecule has 0 unspecified atom stereocenters. The highest BCUT2D eigenvalue weighted by molar-refractivity contribution is 9.10. The highest BCUT2D eigenvalue weighted by Gasteiger charge is 2.07. The molecule has 1 aromatic heterocycles. The molecule has 1 N–H and O–H groups in total. The lowest BCUT2D eigenvalue weighted by atomic mass is 10.1. The van der Waals surface area contributed by atoms with Crippen LogP contribution in [0.1, 0.15) is 43.9 Å². The van der Waals surface area contributed by atoms with Gasteiger partial charge >= 0.3 is 0 Å². The molecule has 4 heteroatoms. The standard InChI is InChI=1S/C18H24BrNO.ClH/c1-3-4-5-6-11-20-13-16-8-10-18(21-16)17-9-7-15(19)12-14(17)2;/h7-10,12,20H,3-6,11,13H2,1-2H3;1H. The topological polar surface area (TPSA) is 25.2 Å². The summed E-state index contributed by atoms with van der Waals surface area (Å²) in [5, 5.41) is 3.45. The molecule has 0 aliphatic heterocycles. The summed E-state index contributed by atoms with van der Waals surface area (Å²) in [5.41, 5.74) is 2.38. The molecule has 0 fully saturated rings. The van der Waals surface area contributed by atoms with Gasteiger partial charge in [0.2, 0.25) is 0 Å². The van der Waals surface area contributed by atoms with Crippen molar-refractivity contribution in [1.29, 1.82) is 0 Å². The Morgan fingerprint density at radius 1 is 1.09 bits per heavy atom. The molecule has 0 amide bonds. The fraction of sp³-hybridized carbons (Fsp3) is 0.444. The Labute approximate surface area is 148 Å². The van der Waals surface area contributed by atoms with Crippen LogP contribution in [0.25, 0.3) is 11.3 Å². The monoisotopic (exact) mass is 385 g/mol. The van der Waals surface area contributed by atoms with Crippen molar-refractivity contribution in [2.24, 2.45) is 0 Å². The maximum Gasteiger partial charge on any atom is 0.134 e. The van der Waals surface area contributed by atoms with Crippen LogP contribution in [0.15, 0.2) is 39.2 Å². The molecule has 0 saturated heterocycles. The molecule has 2 nitrogen and oxygen atoms in total. The van der Waals surface area contributed by atoms with Crippen molar-refractivity contribution < 1.29 is 4.42 Å². The lowest BCUT2D eigenvalue weighted by Crippen LogP contribution is -2.14. The smallest absolute Gasteiger partial charge is 0.134 e. The Balaban J connectivity index is 0.00000242. The molecular formula is C18H25BrClNO. The highest BCUT2D eigenvalue weighted by atomic mass is 79.9. The molecule has 2 rings (SSSR count). The van der Waals surface area contributed by atoms with Gasteiger partial charge in [-0.15, -0.1) is 12.4 Å². The fourth-order valence-electron chi connectivity index (χ4n) is 2.41. The van der Waals surface area contributed by atoms with Gasteiger partial charge in [-0.2, -0.15) is 0 Å². The second kappa shape index (κ2) is 10.1. The van der Waals surface area contributed by atoms with E-state index in [0.29, 0.717) is 0 Å². The van der Waals surface area contributed by atoms with Gasteiger partial charge in [0.05, 0.1) is 6.54 Å². The van der Waals surface area contributed by atoms with Crippen molar-refractivity contribution in [3.63, 3.8) is 0 Å². The van der Waals surface area contributed by atoms with Crippen LogP contribution in [0, 0.1) is 6.92 Å². The fourth-order valence-corrected chi connectivity index (χ4v) is 2.89. The summed E-state index contributed by atoms with van der Waals surface area (Å²) >= 11 is 3.49. The molecule has 0 saturated carbocycles. The molecule has 1 aromatic carbocycles. The minimum Gasteiger partial charge on any atom is -0.460 e. The molecule has 0 atom stereocenters. The Hall–Kier alpha value is -0.770. The first-order valence-corrected chi connectivity index (χ1v) is 8.56. The van der Waals surface area contributed by atoms with E-state index in [1.807, 2.05) is 0 Å². The average Bonchev–Trinajstić information content (AvgIpc) is 2.91. The quantitative estimate of drug-likeness (QED) is 0.554. The number of aryl methyl sites for hydroxylation is 1. The van der Waals surface area contributed by atoms with E-state index in [4.69, 9.17) is 4.42 Å². The second-order valence-electron chi connectivity index (χ2n) is 5.46. The summed E-state index contributed by atoms with van der Waals surface area (Å²) < 4.78 is 7.04. The van der Waals surface area contributed by atoms with Gasteiger partial charge in [0.25, 0.3) is 0 Å². The van der Waals surface area contributed by atoms with Crippen LogP contribution in [0.4, 0.5) is 0 Å². The molecule has 0 bridgehead atoms. The molecular weight excluding hydrogens is 362 g/mol. The Bertz CT molecular complexity index is 568. The summed E-state index contributed by atoms with van der Waals surface area (Å²) in [7, 11) is 0. The van der Waals surface area contributed by atoms with Crippen LogP contribution in [0.5, 0.6) is 0 Å². The van der Waals surface area contributed by atoms with Crippen LogP contribution in [-0.4, -0.2) is 6.54 Å². The molecule has 0 aliphatic carbocycles. The zero-order valence-electron chi connectivity index (χ0n) is 13.3. The first kappa shape index (κ1) is 19.3. The van der Waals surface area contributed by atoms with E-state index in [1.165, 1.54) is 31.2 Å². The minimum absolute atomic E-state index is 0. The van der Waals surface area contributed by atoms with E-state index in [-0.39, 0.29) is 12.4 Å². The van der Waals surface area contributed by atoms with E-state index in [0.717, 1.165) is 34.6 Å². The van der Waals surface area contributed by atoms with Crippen molar-refractivity contribution >= 4 is 28.3 Å². The number of benzene rings is 1.